The highest BCUT2D eigenvalue weighted by atomic mass is 32.2. The SMILES string of the molecule is Nc1nc(Sc2cccc(F)c2)c2ccccc2n1. The monoisotopic (exact) mass is 271 g/mol. The number of fused-ring (bicyclic) bond motifs is 1. The van der Waals surface area contributed by atoms with Crippen LogP contribution in [0.2, 0.25) is 0 Å². The number of halogens is 1. The molecule has 0 radical (unpaired) electrons. The second-order valence-corrected chi connectivity index (χ2v) is 5.03. The van der Waals surface area contributed by atoms with Gasteiger partial charge in [0.15, 0.2) is 0 Å². The van der Waals surface area contributed by atoms with Crippen LogP contribution < -0.4 is 5.73 Å². The molecule has 1 heterocycles. The molecule has 3 nitrogen and oxygen atoms in total. The molecule has 0 aliphatic carbocycles. The molecule has 3 rings (SSSR count). The van der Waals surface area contributed by atoms with Crippen LogP contribution in [0.25, 0.3) is 10.9 Å². The second kappa shape index (κ2) is 4.85. The predicted molar refractivity (Wildman–Crippen MR) is 74.5 cm³/mol. The van der Waals surface area contributed by atoms with Crippen LogP contribution in [0.1, 0.15) is 0 Å². The van der Waals surface area contributed by atoms with E-state index in [0.717, 1.165) is 20.8 Å². The zero-order valence-corrected chi connectivity index (χ0v) is 10.7. The van der Waals surface area contributed by atoms with Crippen LogP contribution in [0, 0.1) is 5.82 Å². The lowest BCUT2D eigenvalue weighted by Gasteiger charge is -2.06. The van der Waals surface area contributed by atoms with Gasteiger partial charge in [0.05, 0.1) is 5.52 Å². The Balaban J connectivity index is 2.09. The average Bonchev–Trinajstić information content (AvgIpc) is 2.38. The van der Waals surface area contributed by atoms with Crippen LogP contribution in [0.4, 0.5) is 10.3 Å². The van der Waals surface area contributed by atoms with Crippen molar-refractivity contribution < 1.29 is 4.39 Å². The molecule has 0 fully saturated rings. The Labute approximate surface area is 113 Å². The Kier molecular flexibility index (Phi) is 3.05. The van der Waals surface area contributed by atoms with E-state index in [9.17, 15) is 4.39 Å². The third kappa shape index (κ3) is 2.51. The number of anilines is 1. The zero-order chi connectivity index (χ0) is 13.2. The Morgan fingerprint density at radius 3 is 2.68 bits per heavy atom. The van der Waals surface area contributed by atoms with Gasteiger partial charge in [-0.1, -0.05) is 36.0 Å². The van der Waals surface area contributed by atoms with Crippen molar-refractivity contribution in [3.63, 3.8) is 0 Å². The summed E-state index contributed by atoms with van der Waals surface area (Å²) in [7, 11) is 0. The fourth-order valence-electron chi connectivity index (χ4n) is 1.78. The van der Waals surface area contributed by atoms with Gasteiger partial charge < -0.3 is 5.73 Å². The average molecular weight is 271 g/mol. The largest absolute Gasteiger partial charge is 0.368 e. The summed E-state index contributed by atoms with van der Waals surface area (Å²) in [6.45, 7) is 0. The van der Waals surface area contributed by atoms with Crippen LogP contribution in [-0.4, -0.2) is 9.97 Å². The fourth-order valence-corrected chi connectivity index (χ4v) is 2.75. The Morgan fingerprint density at radius 1 is 1.00 bits per heavy atom. The molecule has 94 valence electrons. The quantitative estimate of drug-likeness (QED) is 0.725. The highest BCUT2D eigenvalue weighted by molar-refractivity contribution is 7.99. The van der Waals surface area contributed by atoms with E-state index in [1.807, 2.05) is 30.3 Å². The summed E-state index contributed by atoms with van der Waals surface area (Å²) in [6.07, 6.45) is 0. The van der Waals surface area contributed by atoms with Crippen molar-refractivity contribution in [1.29, 1.82) is 0 Å². The van der Waals surface area contributed by atoms with E-state index < -0.39 is 0 Å². The lowest BCUT2D eigenvalue weighted by molar-refractivity contribution is 0.624. The molecule has 2 N–H and O–H groups in total. The topological polar surface area (TPSA) is 51.8 Å². The number of hydrogen-bond donors (Lipinski definition) is 1. The van der Waals surface area contributed by atoms with Crippen LogP contribution in [-0.2, 0) is 0 Å². The van der Waals surface area contributed by atoms with Crippen LogP contribution in [0.3, 0.4) is 0 Å². The van der Waals surface area contributed by atoms with E-state index in [-0.39, 0.29) is 11.8 Å². The van der Waals surface area contributed by atoms with E-state index in [1.54, 1.807) is 6.07 Å². The third-order valence-corrected chi connectivity index (χ3v) is 3.59. The van der Waals surface area contributed by atoms with Crippen LogP contribution >= 0.6 is 11.8 Å². The van der Waals surface area contributed by atoms with Crippen molar-refractivity contribution in [1.82, 2.24) is 9.97 Å². The maximum Gasteiger partial charge on any atom is 0.221 e. The number of benzene rings is 2. The highest BCUT2D eigenvalue weighted by Gasteiger charge is 2.07. The summed E-state index contributed by atoms with van der Waals surface area (Å²) < 4.78 is 13.2. The molecule has 0 aliphatic heterocycles. The van der Waals surface area contributed by atoms with Crippen molar-refractivity contribution in [2.24, 2.45) is 0 Å². The summed E-state index contributed by atoms with van der Waals surface area (Å²) in [5.74, 6) is -0.0473. The zero-order valence-electron chi connectivity index (χ0n) is 9.88. The first-order valence-corrected chi connectivity index (χ1v) is 6.50. The molecule has 0 bridgehead atoms. The maximum atomic E-state index is 13.2. The van der Waals surface area contributed by atoms with Gasteiger partial charge in [0.2, 0.25) is 5.95 Å². The van der Waals surface area contributed by atoms with E-state index in [1.165, 1.54) is 23.9 Å². The molecule has 0 amide bonds. The van der Waals surface area contributed by atoms with Crippen molar-refractivity contribution >= 4 is 28.6 Å². The molecule has 5 heteroatoms. The van der Waals surface area contributed by atoms with Gasteiger partial charge in [0, 0.05) is 10.3 Å². The maximum absolute atomic E-state index is 13.2. The minimum atomic E-state index is -0.267. The Bertz CT molecular complexity index is 746. The number of rotatable bonds is 2. The molecule has 0 spiro atoms. The molecule has 0 unspecified atom stereocenters. The third-order valence-electron chi connectivity index (χ3n) is 2.60. The lowest BCUT2D eigenvalue weighted by atomic mass is 10.2. The minimum Gasteiger partial charge on any atom is -0.368 e. The molecule has 0 aliphatic rings. The lowest BCUT2D eigenvalue weighted by Crippen LogP contribution is -1.97. The van der Waals surface area contributed by atoms with Crippen molar-refractivity contribution in [3.8, 4) is 0 Å². The molecule has 0 atom stereocenters. The van der Waals surface area contributed by atoms with E-state index >= 15 is 0 Å². The van der Waals surface area contributed by atoms with Gasteiger partial charge in [-0.05, 0) is 24.3 Å². The number of para-hydroxylation sites is 1. The van der Waals surface area contributed by atoms with Gasteiger partial charge in [0.1, 0.15) is 10.8 Å². The first-order valence-electron chi connectivity index (χ1n) is 5.68. The smallest absolute Gasteiger partial charge is 0.221 e. The molecule has 0 saturated carbocycles. The Hall–Kier alpha value is -2.14. The summed E-state index contributed by atoms with van der Waals surface area (Å²) in [6, 6.07) is 14.0. The predicted octanol–water partition coefficient (Wildman–Crippen LogP) is 3.50. The number of nitrogen functional groups attached to an aromatic ring is 1. The van der Waals surface area contributed by atoms with E-state index in [4.69, 9.17) is 5.73 Å². The Morgan fingerprint density at radius 2 is 1.84 bits per heavy atom. The van der Waals surface area contributed by atoms with Crippen LogP contribution in [0.15, 0.2) is 58.5 Å². The highest BCUT2D eigenvalue weighted by Crippen LogP contribution is 2.31. The second-order valence-electron chi connectivity index (χ2n) is 3.96. The van der Waals surface area contributed by atoms with Gasteiger partial charge in [-0.25, -0.2) is 14.4 Å². The van der Waals surface area contributed by atoms with Gasteiger partial charge in [-0.15, -0.1) is 0 Å². The summed E-state index contributed by atoms with van der Waals surface area (Å²) >= 11 is 1.37. The first kappa shape index (κ1) is 11.9. The number of nitrogens with zero attached hydrogens (tertiary/aromatic N) is 2. The summed E-state index contributed by atoms with van der Waals surface area (Å²) in [5, 5.41) is 1.64. The number of hydrogen-bond acceptors (Lipinski definition) is 4. The molecular weight excluding hydrogens is 261 g/mol. The van der Waals surface area contributed by atoms with Gasteiger partial charge in [0.25, 0.3) is 0 Å². The van der Waals surface area contributed by atoms with Crippen molar-refractivity contribution in [3.05, 3.63) is 54.3 Å². The molecular formula is C14H10FN3S. The van der Waals surface area contributed by atoms with Gasteiger partial charge in [-0.2, -0.15) is 0 Å². The van der Waals surface area contributed by atoms with E-state index in [2.05, 4.69) is 9.97 Å². The number of nitrogens with two attached hydrogens (primary N) is 1. The fraction of sp³-hybridized carbons (Fsp3) is 0. The molecule has 0 saturated heterocycles. The number of aromatic nitrogens is 2. The molecule has 19 heavy (non-hydrogen) atoms. The standard InChI is InChI=1S/C14H10FN3S/c15-9-4-3-5-10(8-9)19-13-11-6-1-2-7-12(11)17-14(16)18-13/h1-8H,(H2,16,17,18). The summed E-state index contributed by atoms with van der Waals surface area (Å²) in [5.41, 5.74) is 6.48. The normalized spacial score (nSPS) is 10.8. The van der Waals surface area contributed by atoms with Gasteiger partial charge >= 0.3 is 0 Å². The molecule has 2 aromatic carbocycles. The van der Waals surface area contributed by atoms with Crippen molar-refractivity contribution in [2.75, 3.05) is 5.73 Å². The molecule has 3 aromatic rings. The van der Waals surface area contributed by atoms with E-state index in [0.29, 0.717) is 0 Å². The summed E-state index contributed by atoms with van der Waals surface area (Å²) in [4.78, 5) is 9.19. The molecule has 1 aromatic heterocycles. The first-order chi connectivity index (χ1) is 9.22. The van der Waals surface area contributed by atoms with Crippen LogP contribution in [0.5, 0.6) is 0 Å². The van der Waals surface area contributed by atoms with Crippen molar-refractivity contribution in [2.45, 2.75) is 9.92 Å². The minimum absolute atomic E-state index is 0.220. The van der Waals surface area contributed by atoms with Gasteiger partial charge in [-0.3, -0.25) is 0 Å².